The number of pyridine rings is 1. The first-order valence-corrected chi connectivity index (χ1v) is 8.86. The molecule has 0 unspecified atom stereocenters. The van der Waals surface area contributed by atoms with Crippen LogP contribution in [0.1, 0.15) is 6.42 Å². The van der Waals surface area contributed by atoms with E-state index in [0.29, 0.717) is 19.7 Å². The molecule has 1 aromatic heterocycles. The highest BCUT2D eigenvalue weighted by molar-refractivity contribution is 5.84. The number of hydrogen-bond acceptors (Lipinski definition) is 5. The van der Waals surface area contributed by atoms with Gasteiger partial charge < -0.3 is 15.0 Å². The van der Waals surface area contributed by atoms with Crippen LogP contribution < -0.4 is 10.1 Å². The number of nitrogens with zero attached hydrogens (tertiary/aromatic N) is 3. The highest BCUT2D eigenvalue weighted by Crippen LogP contribution is 2.22. The molecule has 134 valence electrons. The van der Waals surface area contributed by atoms with E-state index in [1.165, 1.54) is 0 Å². The number of benzene rings is 1. The average Bonchev–Trinajstić information content (AvgIpc) is 2.83. The van der Waals surface area contributed by atoms with Gasteiger partial charge >= 0.3 is 0 Å². The lowest BCUT2D eigenvalue weighted by Gasteiger charge is -2.19. The topological polar surface area (TPSA) is 57.7 Å². The zero-order valence-corrected chi connectivity index (χ0v) is 14.8. The Morgan fingerprint density at radius 1 is 1.20 bits per heavy atom. The molecule has 1 amide bonds. The van der Waals surface area contributed by atoms with Gasteiger partial charge in [0.2, 0.25) is 5.91 Å². The second kappa shape index (κ2) is 8.78. The Labute approximate surface area is 148 Å². The molecule has 0 spiro atoms. The summed E-state index contributed by atoms with van der Waals surface area (Å²) in [6.45, 7) is 5.44. The molecule has 1 saturated heterocycles. The van der Waals surface area contributed by atoms with Crippen molar-refractivity contribution in [1.82, 2.24) is 20.1 Å². The summed E-state index contributed by atoms with van der Waals surface area (Å²) in [7, 11) is 2.13. The summed E-state index contributed by atoms with van der Waals surface area (Å²) in [6.07, 6.45) is 2.87. The van der Waals surface area contributed by atoms with Crippen LogP contribution in [0.2, 0.25) is 0 Å². The summed E-state index contributed by atoms with van der Waals surface area (Å²) in [5, 5.41) is 3.99. The fourth-order valence-electron chi connectivity index (χ4n) is 3.06. The van der Waals surface area contributed by atoms with Crippen LogP contribution in [0.4, 0.5) is 0 Å². The van der Waals surface area contributed by atoms with Crippen LogP contribution in [0, 0.1) is 0 Å². The number of carbonyl (C=O) groups excluding carboxylic acids is 1. The molecule has 2 heterocycles. The Kier molecular flexibility index (Phi) is 6.19. The molecule has 0 saturated carbocycles. The molecule has 1 aromatic carbocycles. The monoisotopic (exact) mass is 342 g/mol. The Hall–Kier alpha value is -2.18. The second-order valence-corrected chi connectivity index (χ2v) is 6.46. The van der Waals surface area contributed by atoms with Gasteiger partial charge in [-0.3, -0.25) is 14.7 Å². The minimum absolute atomic E-state index is 0.0594. The smallest absolute Gasteiger partial charge is 0.234 e. The third kappa shape index (κ3) is 5.14. The standard InChI is InChI=1S/C19H26N4O2/c1-22-10-4-11-23(13-12-22)15-18(24)20-9-14-25-17-7-2-5-16-6-3-8-21-19(16)17/h2-3,5-8H,4,9-15H2,1H3,(H,20,24). The predicted octanol–water partition coefficient (Wildman–Crippen LogP) is 1.37. The Morgan fingerprint density at radius 2 is 2.08 bits per heavy atom. The zero-order valence-electron chi connectivity index (χ0n) is 14.8. The fourth-order valence-corrected chi connectivity index (χ4v) is 3.06. The van der Waals surface area contributed by atoms with Crippen molar-refractivity contribution in [2.45, 2.75) is 6.42 Å². The third-order valence-corrected chi connectivity index (χ3v) is 4.46. The van der Waals surface area contributed by atoms with Gasteiger partial charge in [0.25, 0.3) is 0 Å². The van der Waals surface area contributed by atoms with Crippen molar-refractivity contribution in [2.75, 3.05) is 52.9 Å². The molecule has 0 atom stereocenters. The zero-order chi connectivity index (χ0) is 17.5. The first kappa shape index (κ1) is 17.6. The van der Waals surface area contributed by atoms with Crippen LogP contribution in [0.15, 0.2) is 36.5 Å². The maximum absolute atomic E-state index is 12.1. The van der Waals surface area contributed by atoms with E-state index in [9.17, 15) is 4.79 Å². The molecule has 1 N–H and O–H groups in total. The largest absolute Gasteiger partial charge is 0.489 e. The molecule has 0 radical (unpaired) electrons. The number of para-hydroxylation sites is 1. The van der Waals surface area contributed by atoms with Gasteiger partial charge in [-0.15, -0.1) is 0 Å². The molecular formula is C19H26N4O2. The van der Waals surface area contributed by atoms with Crippen molar-refractivity contribution < 1.29 is 9.53 Å². The van der Waals surface area contributed by atoms with Crippen LogP contribution >= 0.6 is 0 Å². The first-order valence-electron chi connectivity index (χ1n) is 8.86. The molecule has 6 heteroatoms. The van der Waals surface area contributed by atoms with Crippen LogP contribution in [0.5, 0.6) is 5.75 Å². The van der Waals surface area contributed by atoms with Crippen LogP contribution in [-0.4, -0.2) is 73.6 Å². The lowest BCUT2D eigenvalue weighted by molar-refractivity contribution is -0.122. The lowest BCUT2D eigenvalue weighted by atomic mass is 10.2. The summed E-state index contributed by atoms with van der Waals surface area (Å²) in [5.41, 5.74) is 0.852. The van der Waals surface area contributed by atoms with Crippen LogP contribution in [0.25, 0.3) is 10.9 Å². The SMILES string of the molecule is CN1CCCN(CC(=O)NCCOc2cccc3cccnc23)CC1. The van der Waals surface area contributed by atoms with Crippen molar-refractivity contribution in [2.24, 2.45) is 0 Å². The molecule has 0 aliphatic carbocycles. The number of ether oxygens (including phenoxy) is 1. The molecular weight excluding hydrogens is 316 g/mol. The molecule has 6 nitrogen and oxygen atoms in total. The lowest BCUT2D eigenvalue weighted by Crippen LogP contribution is -2.40. The molecule has 25 heavy (non-hydrogen) atoms. The van der Waals surface area contributed by atoms with Gasteiger partial charge in [0.15, 0.2) is 0 Å². The number of hydrogen-bond donors (Lipinski definition) is 1. The average molecular weight is 342 g/mol. The number of nitrogens with one attached hydrogen (secondary N) is 1. The van der Waals surface area contributed by atoms with E-state index in [0.717, 1.165) is 49.3 Å². The predicted molar refractivity (Wildman–Crippen MR) is 98.8 cm³/mol. The summed E-state index contributed by atoms with van der Waals surface area (Å²) >= 11 is 0. The minimum atomic E-state index is 0.0594. The van der Waals surface area contributed by atoms with Gasteiger partial charge in [0.1, 0.15) is 17.9 Å². The number of aromatic nitrogens is 1. The van der Waals surface area contributed by atoms with E-state index in [2.05, 4.69) is 27.1 Å². The highest BCUT2D eigenvalue weighted by Gasteiger charge is 2.14. The van der Waals surface area contributed by atoms with E-state index < -0.39 is 0 Å². The number of carbonyl (C=O) groups is 1. The van der Waals surface area contributed by atoms with E-state index in [-0.39, 0.29) is 5.91 Å². The third-order valence-electron chi connectivity index (χ3n) is 4.46. The molecule has 3 rings (SSSR count). The quantitative estimate of drug-likeness (QED) is 0.804. The molecule has 1 aliphatic heterocycles. The fraction of sp³-hybridized carbons (Fsp3) is 0.474. The van der Waals surface area contributed by atoms with Crippen LogP contribution in [0.3, 0.4) is 0 Å². The molecule has 1 aliphatic rings. The van der Waals surface area contributed by atoms with Crippen molar-refractivity contribution in [3.63, 3.8) is 0 Å². The number of rotatable bonds is 6. The summed E-state index contributed by atoms with van der Waals surface area (Å²) in [5.74, 6) is 0.812. The van der Waals surface area contributed by atoms with Crippen molar-refractivity contribution in [1.29, 1.82) is 0 Å². The summed E-state index contributed by atoms with van der Waals surface area (Å²) in [6, 6.07) is 9.79. The maximum Gasteiger partial charge on any atom is 0.234 e. The summed E-state index contributed by atoms with van der Waals surface area (Å²) < 4.78 is 5.80. The van der Waals surface area contributed by atoms with Crippen molar-refractivity contribution >= 4 is 16.8 Å². The van der Waals surface area contributed by atoms with Gasteiger partial charge in [0.05, 0.1) is 13.1 Å². The minimum Gasteiger partial charge on any atom is -0.489 e. The van der Waals surface area contributed by atoms with Gasteiger partial charge in [-0.25, -0.2) is 0 Å². The summed E-state index contributed by atoms with van der Waals surface area (Å²) in [4.78, 5) is 21.0. The Morgan fingerprint density at radius 3 is 3.00 bits per heavy atom. The molecule has 1 fully saturated rings. The van der Waals surface area contributed by atoms with Gasteiger partial charge in [-0.1, -0.05) is 18.2 Å². The number of amides is 1. The van der Waals surface area contributed by atoms with Gasteiger partial charge in [0, 0.05) is 24.7 Å². The number of likely N-dealkylation sites (N-methyl/N-ethyl adjacent to an activating group) is 1. The van der Waals surface area contributed by atoms with Crippen LogP contribution in [-0.2, 0) is 4.79 Å². The second-order valence-electron chi connectivity index (χ2n) is 6.46. The van der Waals surface area contributed by atoms with E-state index in [1.54, 1.807) is 6.20 Å². The maximum atomic E-state index is 12.1. The van der Waals surface area contributed by atoms with Gasteiger partial charge in [-0.05, 0) is 38.7 Å². The molecule has 0 bridgehead atoms. The Balaban J connectivity index is 1.41. The van der Waals surface area contributed by atoms with E-state index >= 15 is 0 Å². The normalized spacial score (nSPS) is 16.5. The van der Waals surface area contributed by atoms with Crippen molar-refractivity contribution in [3.05, 3.63) is 36.5 Å². The van der Waals surface area contributed by atoms with Crippen molar-refractivity contribution in [3.8, 4) is 5.75 Å². The van der Waals surface area contributed by atoms with Gasteiger partial charge in [-0.2, -0.15) is 0 Å². The first-order chi connectivity index (χ1) is 12.2. The van der Waals surface area contributed by atoms with E-state index in [4.69, 9.17) is 4.74 Å². The molecule has 2 aromatic rings. The number of fused-ring (bicyclic) bond motifs is 1. The highest BCUT2D eigenvalue weighted by atomic mass is 16.5. The van der Waals surface area contributed by atoms with E-state index in [1.807, 2.05) is 30.3 Å². The Bertz CT molecular complexity index is 701.